The van der Waals surface area contributed by atoms with Crippen LogP contribution in [0.2, 0.25) is 0 Å². The van der Waals surface area contributed by atoms with E-state index in [1.54, 1.807) is 0 Å². The van der Waals surface area contributed by atoms with Crippen LogP contribution >= 0.6 is 0 Å². The highest BCUT2D eigenvalue weighted by molar-refractivity contribution is 5.07. The van der Waals surface area contributed by atoms with E-state index in [0.29, 0.717) is 0 Å². The van der Waals surface area contributed by atoms with Crippen molar-refractivity contribution in [3.05, 3.63) is 0 Å². The van der Waals surface area contributed by atoms with E-state index in [-0.39, 0.29) is 11.5 Å². The average Bonchev–Trinajstić information content (AvgIpc) is 2.37. The molecule has 0 aromatic carbocycles. The third-order valence-corrected chi connectivity index (χ3v) is 3.31. The lowest BCUT2D eigenvalue weighted by Crippen LogP contribution is -2.72. The van der Waals surface area contributed by atoms with Gasteiger partial charge in [-0.1, -0.05) is 26.7 Å². The summed E-state index contributed by atoms with van der Waals surface area (Å²) in [6.07, 6.45) is 4.27. The lowest BCUT2D eigenvalue weighted by Gasteiger charge is -2.43. The van der Waals surface area contributed by atoms with Crippen molar-refractivity contribution in [3.63, 3.8) is 0 Å². The SMILES string of the molecule is CC(C)C(N)(N)C1(N)CCCC1. The second kappa shape index (κ2) is 2.98. The van der Waals surface area contributed by atoms with E-state index in [9.17, 15) is 0 Å². The Labute approximate surface area is 74.7 Å². The Bertz CT molecular complexity index is 154. The van der Waals surface area contributed by atoms with Crippen LogP contribution in [0.5, 0.6) is 0 Å². The van der Waals surface area contributed by atoms with E-state index in [1.807, 2.05) is 13.8 Å². The van der Waals surface area contributed by atoms with Crippen molar-refractivity contribution in [2.24, 2.45) is 23.1 Å². The summed E-state index contributed by atoms with van der Waals surface area (Å²) < 4.78 is 0. The van der Waals surface area contributed by atoms with Gasteiger partial charge in [0, 0.05) is 5.54 Å². The minimum absolute atomic E-state index is 0.237. The molecule has 1 aliphatic carbocycles. The molecule has 0 bridgehead atoms. The second-order valence-corrected chi connectivity index (χ2v) is 4.45. The van der Waals surface area contributed by atoms with Crippen LogP contribution in [-0.2, 0) is 0 Å². The normalized spacial score (nSPS) is 23.5. The quantitative estimate of drug-likeness (QED) is 0.530. The number of rotatable bonds is 2. The van der Waals surface area contributed by atoms with Gasteiger partial charge in [-0.25, -0.2) is 0 Å². The Kier molecular flexibility index (Phi) is 2.47. The number of hydrogen-bond donors (Lipinski definition) is 3. The van der Waals surface area contributed by atoms with E-state index >= 15 is 0 Å². The highest BCUT2D eigenvalue weighted by atomic mass is 15.1. The summed E-state index contributed by atoms with van der Waals surface area (Å²) in [5.74, 6) is 0.237. The lowest BCUT2D eigenvalue weighted by molar-refractivity contribution is 0.167. The fourth-order valence-electron chi connectivity index (χ4n) is 2.01. The highest BCUT2D eigenvalue weighted by Crippen LogP contribution is 2.35. The van der Waals surface area contributed by atoms with Crippen molar-refractivity contribution in [1.29, 1.82) is 0 Å². The minimum atomic E-state index is -0.705. The Morgan fingerprint density at radius 1 is 1.17 bits per heavy atom. The predicted molar refractivity (Wildman–Crippen MR) is 51.3 cm³/mol. The molecule has 6 N–H and O–H groups in total. The van der Waals surface area contributed by atoms with Gasteiger partial charge in [-0.3, -0.25) is 0 Å². The topological polar surface area (TPSA) is 78.1 Å². The molecule has 0 atom stereocenters. The van der Waals surface area contributed by atoms with Gasteiger partial charge in [0.1, 0.15) is 0 Å². The van der Waals surface area contributed by atoms with Crippen molar-refractivity contribution in [2.75, 3.05) is 0 Å². The second-order valence-electron chi connectivity index (χ2n) is 4.45. The Balaban J connectivity index is 2.78. The molecule has 0 radical (unpaired) electrons. The predicted octanol–water partition coefficient (Wildman–Crippen LogP) is 0.528. The summed E-state index contributed by atoms with van der Waals surface area (Å²) in [7, 11) is 0. The van der Waals surface area contributed by atoms with Gasteiger partial charge in [0.2, 0.25) is 0 Å². The molecule has 3 nitrogen and oxygen atoms in total. The molecule has 0 heterocycles. The van der Waals surface area contributed by atoms with E-state index < -0.39 is 5.66 Å². The van der Waals surface area contributed by atoms with E-state index in [1.165, 1.54) is 12.8 Å². The molecule has 0 aliphatic heterocycles. The molecule has 0 unspecified atom stereocenters. The fourth-order valence-corrected chi connectivity index (χ4v) is 2.01. The maximum atomic E-state index is 6.19. The summed E-state index contributed by atoms with van der Waals surface area (Å²) in [6.45, 7) is 4.07. The van der Waals surface area contributed by atoms with E-state index in [2.05, 4.69) is 0 Å². The lowest BCUT2D eigenvalue weighted by atomic mass is 9.77. The van der Waals surface area contributed by atoms with Crippen molar-refractivity contribution < 1.29 is 0 Å². The molecule has 0 aromatic rings. The van der Waals surface area contributed by atoms with Crippen molar-refractivity contribution in [1.82, 2.24) is 0 Å². The summed E-state index contributed by atoms with van der Waals surface area (Å²) in [4.78, 5) is 0. The molecule has 1 fully saturated rings. The molecule has 1 saturated carbocycles. The van der Waals surface area contributed by atoms with E-state index in [0.717, 1.165) is 12.8 Å². The van der Waals surface area contributed by atoms with Gasteiger partial charge >= 0.3 is 0 Å². The first-order valence-electron chi connectivity index (χ1n) is 4.77. The summed E-state index contributed by atoms with van der Waals surface area (Å²) >= 11 is 0. The maximum Gasteiger partial charge on any atom is 0.0845 e. The first-order chi connectivity index (χ1) is 5.40. The maximum absolute atomic E-state index is 6.19. The van der Waals surface area contributed by atoms with Gasteiger partial charge in [-0.05, 0) is 18.8 Å². The van der Waals surface area contributed by atoms with Gasteiger partial charge in [-0.2, -0.15) is 0 Å². The van der Waals surface area contributed by atoms with Gasteiger partial charge in [0.05, 0.1) is 5.66 Å². The first kappa shape index (κ1) is 9.96. The Morgan fingerprint density at radius 2 is 1.58 bits per heavy atom. The van der Waals surface area contributed by atoms with Crippen LogP contribution < -0.4 is 17.2 Å². The molecular weight excluding hydrogens is 150 g/mol. The molecule has 0 aromatic heterocycles. The third kappa shape index (κ3) is 1.37. The van der Waals surface area contributed by atoms with Gasteiger partial charge < -0.3 is 17.2 Å². The van der Waals surface area contributed by atoms with Crippen molar-refractivity contribution in [2.45, 2.75) is 50.7 Å². The molecule has 72 valence electrons. The van der Waals surface area contributed by atoms with Gasteiger partial charge in [-0.15, -0.1) is 0 Å². The van der Waals surface area contributed by atoms with Crippen LogP contribution in [-0.4, -0.2) is 11.2 Å². The zero-order valence-corrected chi connectivity index (χ0v) is 8.14. The fraction of sp³-hybridized carbons (Fsp3) is 1.00. The summed E-state index contributed by atoms with van der Waals surface area (Å²) in [5, 5.41) is 0. The third-order valence-electron chi connectivity index (χ3n) is 3.31. The molecule has 1 rings (SSSR count). The van der Waals surface area contributed by atoms with Crippen LogP contribution in [0.15, 0.2) is 0 Å². The smallest absolute Gasteiger partial charge is 0.0845 e. The zero-order chi connectivity index (χ0) is 9.41. The molecule has 12 heavy (non-hydrogen) atoms. The monoisotopic (exact) mass is 171 g/mol. The summed E-state index contributed by atoms with van der Waals surface area (Å²) in [5.41, 5.74) is 17.3. The molecule has 0 amide bonds. The van der Waals surface area contributed by atoms with Crippen LogP contribution in [0.3, 0.4) is 0 Å². The van der Waals surface area contributed by atoms with Gasteiger partial charge in [0.25, 0.3) is 0 Å². The molecule has 1 aliphatic rings. The zero-order valence-electron chi connectivity index (χ0n) is 8.14. The van der Waals surface area contributed by atoms with Crippen LogP contribution in [0, 0.1) is 5.92 Å². The van der Waals surface area contributed by atoms with Crippen LogP contribution in [0.25, 0.3) is 0 Å². The number of nitrogens with two attached hydrogens (primary N) is 3. The largest absolute Gasteiger partial charge is 0.322 e. The molecule has 3 heteroatoms. The van der Waals surface area contributed by atoms with E-state index in [4.69, 9.17) is 17.2 Å². The first-order valence-corrected chi connectivity index (χ1v) is 4.77. The Morgan fingerprint density at radius 3 is 1.92 bits per heavy atom. The van der Waals surface area contributed by atoms with Gasteiger partial charge in [0.15, 0.2) is 0 Å². The Hall–Kier alpha value is -0.120. The number of hydrogen-bond acceptors (Lipinski definition) is 3. The summed E-state index contributed by atoms with van der Waals surface area (Å²) in [6, 6.07) is 0. The standard InChI is InChI=1S/C9H21N3/c1-7(2)9(11,12)8(10)5-3-4-6-8/h7H,3-6,10-12H2,1-2H3. The van der Waals surface area contributed by atoms with Crippen molar-refractivity contribution >= 4 is 0 Å². The van der Waals surface area contributed by atoms with Crippen LogP contribution in [0.4, 0.5) is 0 Å². The molecule has 0 saturated heterocycles. The average molecular weight is 171 g/mol. The highest BCUT2D eigenvalue weighted by Gasteiger charge is 2.46. The van der Waals surface area contributed by atoms with Crippen molar-refractivity contribution in [3.8, 4) is 0 Å². The molecular formula is C9H21N3. The van der Waals surface area contributed by atoms with Crippen LogP contribution in [0.1, 0.15) is 39.5 Å². The minimum Gasteiger partial charge on any atom is -0.322 e. The molecule has 0 spiro atoms.